The number of nitrogens with zero attached hydrogens (tertiary/aromatic N) is 1. The van der Waals surface area contributed by atoms with E-state index in [0.29, 0.717) is 33.9 Å². The SMILES string of the molecule is C=CC#Cc1cn(-c2ccc(C(=O)OCC)c(OCOC)c2)cc1-c1ccc(OC)cc1F. The Morgan fingerprint density at radius 1 is 1.15 bits per heavy atom. The predicted octanol–water partition coefficient (Wildman–Crippen LogP) is 4.99. The average Bonchev–Trinajstić information content (AvgIpc) is 3.25. The van der Waals surface area contributed by atoms with Crippen molar-refractivity contribution in [3.63, 3.8) is 0 Å². The smallest absolute Gasteiger partial charge is 0.341 e. The van der Waals surface area contributed by atoms with Crippen LogP contribution in [-0.2, 0) is 9.47 Å². The maximum Gasteiger partial charge on any atom is 0.341 e. The molecule has 0 N–H and O–H groups in total. The maximum absolute atomic E-state index is 14.8. The highest BCUT2D eigenvalue weighted by molar-refractivity contribution is 5.93. The van der Waals surface area contributed by atoms with Gasteiger partial charge < -0.3 is 23.5 Å². The summed E-state index contributed by atoms with van der Waals surface area (Å²) in [6.45, 7) is 5.55. The number of rotatable bonds is 8. The number of carbonyl (C=O) groups is 1. The van der Waals surface area contributed by atoms with Crippen molar-refractivity contribution >= 4 is 5.97 Å². The fourth-order valence-electron chi connectivity index (χ4n) is 3.18. The van der Waals surface area contributed by atoms with E-state index in [0.717, 1.165) is 0 Å². The molecule has 0 amide bonds. The van der Waals surface area contributed by atoms with Crippen LogP contribution in [0.3, 0.4) is 0 Å². The second kappa shape index (κ2) is 11.0. The van der Waals surface area contributed by atoms with E-state index in [2.05, 4.69) is 18.4 Å². The molecule has 0 bridgehead atoms. The molecule has 3 aromatic rings. The number of hydrogen-bond donors (Lipinski definition) is 0. The third kappa shape index (κ3) is 5.43. The Kier molecular flexibility index (Phi) is 7.90. The van der Waals surface area contributed by atoms with Crippen molar-refractivity contribution in [2.45, 2.75) is 6.92 Å². The van der Waals surface area contributed by atoms with Gasteiger partial charge in [0.2, 0.25) is 0 Å². The van der Waals surface area contributed by atoms with Crippen LogP contribution in [-0.4, -0.2) is 38.2 Å². The molecule has 0 saturated carbocycles. The van der Waals surface area contributed by atoms with E-state index in [9.17, 15) is 9.18 Å². The number of benzene rings is 2. The van der Waals surface area contributed by atoms with Crippen LogP contribution in [0.4, 0.5) is 4.39 Å². The molecular weight excluding hydrogens is 425 g/mol. The van der Waals surface area contributed by atoms with Crippen molar-refractivity contribution in [2.75, 3.05) is 27.6 Å². The molecular formula is C26H24FNO5. The number of hydrogen-bond acceptors (Lipinski definition) is 5. The Morgan fingerprint density at radius 2 is 1.97 bits per heavy atom. The van der Waals surface area contributed by atoms with Crippen molar-refractivity contribution in [1.29, 1.82) is 0 Å². The van der Waals surface area contributed by atoms with Gasteiger partial charge in [-0.05, 0) is 37.3 Å². The summed E-state index contributed by atoms with van der Waals surface area (Å²) in [5, 5.41) is 0. The molecule has 0 fully saturated rings. The van der Waals surface area contributed by atoms with Crippen LogP contribution in [0, 0.1) is 17.7 Å². The van der Waals surface area contributed by atoms with Gasteiger partial charge in [0, 0.05) is 48.5 Å². The fourth-order valence-corrected chi connectivity index (χ4v) is 3.18. The van der Waals surface area contributed by atoms with Crippen molar-refractivity contribution in [3.05, 3.63) is 78.4 Å². The van der Waals surface area contributed by atoms with Crippen LogP contribution in [0.5, 0.6) is 11.5 Å². The Bertz CT molecular complexity index is 1220. The minimum Gasteiger partial charge on any atom is -0.497 e. The summed E-state index contributed by atoms with van der Waals surface area (Å²) in [6, 6.07) is 9.69. The lowest BCUT2D eigenvalue weighted by Gasteiger charge is -2.12. The van der Waals surface area contributed by atoms with Crippen LogP contribution in [0.1, 0.15) is 22.8 Å². The number of ether oxygens (including phenoxy) is 4. The van der Waals surface area contributed by atoms with Gasteiger partial charge in [0.05, 0.1) is 19.3 Å². The highest BCUT2D eigenvalue weighted by Crippen LogP contribution is 2.32. The summed E-state index contributed by atoms with van der Waals surface area (Å²) in [7, 11) is 2.97. The molecule has 170 valence electrons. The monoisotopic (exact) mass is 449 g/mol. The minimum absolute atomic E-state index is 0.0418. The summed E-state index contributed by atoms with van der Waals surface area (Å²) in [5.74, 6) is 5.59. The van der Waals surface area contributed by atoms with Crippen LogP contribution in [0.2, 0.25) is 0 Å². The van der Waals surface area contributed by atoms with Crippen LogP contribution in [0.25, 0.3) is 16.8 Å². The van der Waals surface area contributed by atoms with Gasteiger partial charge in [-0.2, -0.15) is 0 Å². The largest absolute Gasteiger partial charge is 0.497 e. The zero-order valence-corrected chi connectivity index (χ0v) is 18.7. The number of halogens is 1. The van der Waals surface area contributed by atoms with Gasteiger partial charge in [0.25, 0.3) is 0 Å². The van der Waals surface area contributed by atoms with Gasteiger partial charge >= 0.3 is 5.97 Å². The number of allylic oxidation sites excluding steroid dienone is 1. The van der Waals surface area contributed by atoms with Crippen molar-refractivity contribution < 1.29 is 28.1 Å². The topological polar surface area (TPSA) is 58.9 Å². The first-order valence-corrected chi connectivity index (χ1v) is 10.1. The molecule has 0 saturated heterocycles. The summed E-state index contributed by atoms with van der Waals surface area (Å²) in [4.78, 5) is 12.3. The summed E-state index contributed by atoms with van der Waals surface area (Å²) in [6.07, 6.45) is 5.00. The van der Waals surface area contributed by atoms with Gasteiger partial charge in [-0.15, -0.1) is 0 Å². The first kappa shape index (κ1) is 23.6. The quantitative estimate of drug-likeness (QED) is 0.276. The molecule has 0 radical (unpaired) electrons. The first-order chi connectivity index (χ1) is 16.0. The highest BCUT2D eigenvalue weighted by atomic mass is 19.1. The zero-order chi connectivity index (χ0) is 23.8. The summed E-state index contributed by atoms with van der Waals surface area (Å²) < 4.78 is 37.4. The van der Waals surface area contributed by atoms with Gasteiger partial charge in [0.1, 0.15) is 22.9 Å². The van der Waals surface area contributed by atoms with Crippen LogP contribution >= 0.6 is 0 Å². The molecule has 33 heavy (non-hydrogen) atoms. The van der Waals surface area contributed by atoms with E-state index in [-0.39, 0.29) is 19.0 Å². The lowest BCUT2D eigenvalue weighted by Crippen LogP contribution is -2.10. The molecule has 0 aliphatic heterocycles. The molecule has 0 atom stereocenters. The van der Waals surface area contributed by atoms with Crippen molar-refractivity contribution in [2.24, 2.45) is 0 Å². The van der Waals surface area contributed by atoms with Gasteiger partial charge in [-0.3, -0.25) is 0 Å². The molecule has 1 aromatic heterocycles. The number of esters is 1. The van der Waals surface area contributed by atoms with Crippen molar-refractivity contribution in [1.82, 2.24) is 4.57 Å². The van der Waals surface area contributed by atoms with E-state index >= 15 is 0 Å². The molecule has 3 rings (SSSR count). The molecule has 7 heteroatoms. The third-order valence-corrected chi connectivity index (χ3v) is 4.69. The van der Waals surface area contributed by atoms with Crippen LogP contribution < -0.4 is 9.47 Å². The fraction of sp³-hybridized carbons (Fsp3) is 0.192. The van der Waals surface area contributed by atoms with Crippen LogP contribution in [0.15, 0.2) is 61.4 Å². The van der Waals surface area contributed by atoms with Gasteiger partial charge in [-0.25, -0.2) is 9.18 Å². The number of aromatic nitrogens is 1. The van der Waals surface area contributed by atoms with Crippen molar-refractivity contribution in [3.8, 4) is 40.2 Å². The van der Waals surface area contributed by atoms with E-state index < -0.39 is 11.8 Å². The standard InChI is InChI=1S/C26H24FNO5/c1-5-7-8-18-15-28(16-23(18)21-12-10-20(31-4)14-24(21)27)19-9-11-22(26(29)32-6-2)25(13-19)33-17-30-3/h5,9-16H,1,6,17H2,2-4H3. The maximum atomic E-state index is 14.8. The Hall–Kier alpha value is -4.02. The third-order valence-electron chi connectivity index (χ3n) is 4.69. The first-order valence-electron chi connectivity index (χ1n) is 10.1. The lowest BCUT2D eigenvalue weighted by molar-refractivity contribution is 0.0438. The molecule has 1 heterocycles. The predicted molar refractivity (Wildman–Crippen MR) is 123 cm³/mol. The Labute approximate surface area is 192 Å². The highest BCUT2D eigenvalue weighted by Gasteiger charge is 2.17. The normalized spacial score (nSPS) is 10.2. The van der Waals surface area contributed by atoms with E-state index in [1.807, 2.05) is 0 Å². The molecule has 6 nitrogen and oxygen atoms in total. The van der Waals surface area contributed by atoms with Gasteiger partial charge in [-0.1, -0.05) is 18.4 Å². The number of methoxy groups -OCH3 is 2. The second-order valence-electron chi connectivity index (χ2n) is 6.76. The van der Waals surface area contributed by atoms with Gasteiger partial charge in [0.15, 0.2) is 6.79 Å². The second-order valence-corrected chi connectivity index (χ2v) is 6.76. The summed E-state index contributed by atoms with van der Waals surface area (Å²) >= 11 is 0. The lowest BCUT2D eigenvalue weighted by atomic mass is 10.0. The summed E-state index contributed by atoms with van der Waals surface area (Å²) in [5.41, 5.74) is 2.53. The van der Waals surface area contributed by atoms with E-state index in [4.69, 9.17) is 18.9 Å². The Morgan fingerprint density at radius 3 is 2.64 bits per heavy atom. The average molecular weight is 449 g/mol. The molecule has 0 unspecified atom stereocenters. The number of carbonyl (C=O) groups excluding carboxylic acids is 1. The molecule has 2 aromatic carbocycles. The molecule has 0 aliphatic rings. The Balaban J connectivity index is 2.11. The molecule has 0 aliphatic carbocycles. The van der Waals surface area contributed by atoms with E-state index in [1.165, 1.54) is 26.4 Å². The molecule has 0 spiro atoms. The minimum atomic E-state index is -0.499. The zero-order valence-electron chi connectivity index (χ0n) is 18.7. The van der Waals surface area contributed by atoms with E-state index in [1.54, 1.807) is 54.2 Å².